The van der Waals surface area contributed by atoms with Crippen molar-refractivity contribution in [1.29, 1.82) is 0 Å². The van der Waals surface area contributed by atoms with E-state index < -0.39 is 29.0 Å². The van der Waals surface area contributed by atoms with E-state index in [1.807, 2.05) is 24.3 Å². The van der Waals surface area contributed by atoms with E-state index in [0.29, 0.717) is 37.7 Å². The number of phenolic OH excluding ortho intramolecular Hbond substituents is 2. The molecule has 0 bridgehead atoms. The summed E-state index contributed by atoms with van der Waals surface area (Å²) >= 11 is 11.7. The Hall–Kier alpha value is -3.55. The second kappa shape index (κ2) is 12.3. The molecule has 3 aromatic carbocycles. The molecule has 0 amide bonds. The van der Waals surface area contributed by atoms with Crippen molar-refractivity contribution in [3.8, 4) is 11.5 Å². The van der Waals surface area contributed by atoms with Gasteiger partial charge in [-0.3, -0.25) is 14.4 Å². The van der Waals surface area contributed by atoms with Gasteiger partial charge in [0.05, 0.1) is 11.1 Å². The van der Waals surface area contributed by atoms with Crippen molar-refractivity contribution in [3.05, 3.63) is 88.0 Å². The number of fused-ring (bicyclic) bond motifs is 2. The number of nitrogens with zero attached hydrogens (tertiary/aromatic N) is 1. The molecule has 3 aromatic rings. The van der Waals surface area contributed by atoms with Crippen LogP contribution in [0.25, 0.3) is 0 Å². The molecule has 0 unspecified atom stereocenters. The molecule has 0 radical (unpaired) electrons. The van der Waals surface area contributed by atoms with Gasteiger partial charge in [0, 0.05) is 53.6 Å². The number of hydrogen-bond acceptors (Lipinski definition) is 7. The fraction of sp³-hybridized carbons (Fsp3) is 0.276. The van der Waals surface area contributed by atoms with Crippen LogP contribution in [0.3, 0.4) is 0 Å². The highest BCUT2D eigenvalue weighted by atomic mass is 35.5. The van der Waals surface area contributed by atoms with Crippen LogP contribution < -0.4 is 4.90 Å². The van der Waals surface area contributed by atoms with E-state index >= 15 is 0 Å². The number of ketones is 2. The molecule has 1 aliphatic carbocycles. The fourth-order valence-electron chi connectivity index (χ4n) is 4.54. The van der Waals surface area contributed by atoms with Crippen molar-refractivity contribution in [1.82, 2.24) is 0 Å². The summed E-state index contributed by atoms with van der Waals surface area (Å²) in [5, 5.41) is 21.2. The number of anilines is 1. The van der Waals surface area contributed by atoms with E-state index in [1.165, 1.54) is 12.1 Å². The highest BCUT2D eigenvalue weighted by Gasteiger charge is 2.35. The lowest BCUT2D eigenvalue weighted by Crippen LogP contribution is -2.27. The number of carbonyl (C=O) groups excluding carboxylic acids is 3. The van der Waals surface area contributed by atoms with Gasteiger partial charge < -0.3 is 19.8 Å². The number of phenols is 2. The standard InChI is InChI=1S/C29H27Cl2NO6/c30-12-14-32(15-13-31)20-10-8-18(9-11-20)4-3-7-24(34)38-17-19-16-23(33)25-26(27(19)35)29(37)22-6-2-1-5-21(22)28(25)36/h1-2,5-6,8-11,16,33,35H,3-4,7,12-15,17H2. The van der Waals surface area contributed by atoms with Crippen LogP contribution >= 0.6 is 23.2 Å². The minimum atomic E-state index is -0.573. The SMILES string of the molecule is O=C(CCCc1ccc(N(CCCl)CCCl)cc1)OCc1cc(O)c2c(c1O)C(=O)c1ccccc1C2=O. The Morgan fingerprint density at radius 1 is 0.868 bits per heavy atom. The van der Waals surface area contributed by atoms with E-state index in [0.717, 1.165) is 17.3 Å². The zero-order valence-corrected chi connectivity index (χ0v) is 22.1. The molecule has 0 saturated carbocycles. The van der Waals surface area contributed by atoms with E-state index in [4.69, 9.17) is 27.9 Å². The number of carbonyl (C=O) groups is 3. The molecule has 38 heavy (non-hydrogen) atoms. The molecule has 4 rings (SSSR count). The van der Waals surface area contributed by atoms with Crippen LogP contribution in [-0.4, -0.2) is 52.6 Å². The molecule has 0 aliphatic heterocycles. The Morgan fingerprint density at radius 3 is 2.08 bits per heavy atom. The summed E-state index contributed by atoms with van der Waals surface area (Å²) in [4.78, 5) is 40.2. The van der Waals surface area contributed by atoms with Gasteiger partial charge in [-0.2, -0.15) is 0 Å². The maximum atomic E-state index is 13.0. The predicted molar refractivity (Wildman–Crippen MR) is 146 cm³/mol. The summed E-state index contributed by atoms with van der Waals surface area (Å²) in [6, 6.07) is 15.4. The summed E-state index contributed by atoms with van der Waals surface area (Å²) in [6.45, 7) is 1.06. The maximum Gasteiger partial charge on any atom is 0.306 e. The molecule has 1 aliphatic rings. The van der Waals surface area contributed by atoms with Crippen LogP contribution in [0.2, 0.25) is 0 Å². The minimum absolute atomic E-state index is 0.0455. The number of rotatable bonds is 11. The second-order valence-corrected chi connectivity index (χ2v) is 9.66. The van der Waals surface area contributed by atoms with Crippen LogP contribution in [0.1, 0.15) is 55.8 Å². The van der Waals surface area contributed by atoms with E-state index in [-0.39, 0.29) is 40.8 Å². The lowest BCUT2D eigenvalue weighted by Gasteiger charge is -2.23. The number of esters is 1. The van der Waals surface area contributed by atoms with Crippen LogP contribution in [-0.2, 0) is 22.6 Å². The molecule has 9 heteroatoms. The third-order valence-electron chi connectivity index (χ3n) is 6.47. The Kier molecular flexibility index (Phi) is 8.92. The van der Waals surface area contributed by atoms with Crippen LogP contribution in [0.5, 0.6) is 11.5 Å². The number of hydrogen-bond donors (Lipinski definition) is 2. The molecule has 198 valence electrons. The van der Waals surface area contributed by atoms with Crippen molar-refractivity contribution in [2.45, 2.75) is 25.9 Å². The van der Waals surface area contributed by atoms with Gasteiger partial charge in [-0.1, -0.05) is 36.4 Å². The number of halogens is 2. The minimum Gasteiger partial charge on any atom is -0.507 e. The maximum absolute atomic E-state index is 13.0. The van der Waals surface area contributed by atoms with Gasteiger partial charge in [0.2, 0.25) is 0 Å². The molecule has 0 atom stereocenters. The molecule has 0 fully saturated rings. The van der Waals surface area contributed by atoms with Gasteiger partial charge in [-0.05, 0) is 36.6 Å². The third kappa shape index (κ3) is 5.79. The number of ether oxygens (including phenoxy) is 1. The quantitative estimate of drug-likeness (QED) is 0.148. The Morgan fingerprint density at radius 2 is 1.47 bits per heavy atom. The Balaban J connectivity index is 1.35. The fourth-order valence-corrected chi connectivity index (χ4v) is 4.94. The van der Waals surface area contributed by atoms with Gasteiger partial charge in [-0.25, -0.2) is 0 Å². The smallest absolute Gasteiger partial charge is 0.306 e. The highest BCUT2D eigenvalue weighted by Crippen LogP contribution is 2.40. The monoisotopic (exact) mass is 555 g/mol. The summed E-state index contributed by atoms with van der Waals surface area (Å²) < 4.78 is 5.29. The van der Waals surface area contributed by atoms with Crippen molar-refractivity contribution >= 4 is 46.4 Å². The van der Waals surface area contributed by atoms with Gasteiger partial charge in [0.1, 0.15) is 18.1 Å². The largest absolute Gasteiger partial charge is 0.507 e. The molecule has 0 saturated heterocycles. The lowest BCUT2D eigenvalue weighted by atomic mass is 9.82. The highest BCUT2D eigenvalue weighted by molar-refractivity contribution is 6.30. The second-order valence-electron chi connectivity index (χ2n) is 8.90. The normalized spacial score (nSPS) is 12.2. The predicted octanol–water partition coefficient (Wildman–Crippen LogP) is 5.22. The summed E-state index contributed by atoms with van der Waals surface area (Å²) in [7, 11) is 0. The molecule has 7 nitrogen and oxygen atoms in total. The zero-order chi connectivity index (χ0) is 27.2. The first-order valence-electron chi connectivity index (χ1n) is 12.2. The third-order valence-corrected chi connectivity index (χ3v) is 6.81. The topological polar surface area (TPSA) is 104 Å². The molecule has 0 heterocycles. The molecular formula is C29H27Cl2NO6. The first kappa shape index (κ1) is 27.5. The van der Waals surface area contributed by atoms with Crippen molar-refractivity contribution in [3.63, 3.8) is 0 Å². The summed E-state index contributed by atoms with van der Waals surface area (Å²) in [6.07, 6.45) is 1.37. The molecular weight excluding hydrogens is 529 g/mol. The van der Waals surface area contributed by atoms with E-state index in [1.54, 1.807) is 12.1 Å². The Bertz CT molecular complexity index is 1350. The number of alkyl halides is 2. The molecule has 0 aromatic heterocycles. The van der Waals surface area contributed by atoms with Gasteiger partial charge in [0.25, 0.3) is 0 Å². The Labute approximate surface area is 230 Å². The van der Waals surface area contributed by atoms with Crippen LogP contribution in [0, 0.1) is 0 Å². The van der Waals surface area contributed by atoms with Crippen molar-refractivity contribution in [2.24, 2.45) is 0 Å². The van der Waals surface area contributed by atoms with E-state index in [2.05, 4.69) is 4.90 Å². The van der Waals surface area contributed by atoms with Gasteiger partial charge in [0.15, 0.2) is 11.6 Å². The summed E-state index contributed by atoms with van der Waals surface area (Å²) in [5.74, 6) is -1.52. The number of aromatic hydroxyl groups is 2. The first-order chi connectivity index (χ1) is 18.3. The van der Waals surface area contributed by atoms with Gasteiger partial charge in [-0.15, -0.1) is 23.2 Å². The van der Waals surface area contributed by atoms with Gasteiger partial charge >= 0.3 is 5.97 Å². The number of aryl methyl sites for hydroxylation is 1. The first-order valence-corrected chi connectivity index (χ1v) is 13.3. The average Bonchev–Trinajstić information content (AvgIpc) is 2.92. The average molecular weight is 556 g/mol. The van der Waals surface area contributed by atoms with Crippen molar-refractivity contribution in [2.75, 3.05) is 29.7 Å². The number of benzene rings is 3. The van der Waals surface area contributed by atoms with Crippen molar-refractivity contribution < 1.29 is 29.3 Å². The molecule has 0 spiro atoms. The molecule has 2 N–H and O–H groups in total. The lowest BCUT2D eigenvalue weighted by molar-refractivity contribution is -0.145. The zero-order valence-electron chi connectivity index (χ0n) is 20.6. The van der Waals surface area contributed by atoms with Crippen LogP contribution in [0.15, 0.2) is 54.6 Å². The summed E-state index contributed by atoms with van der Waals surface area (Å²) in [5.41, 5.74) is 1.93. The van der Waals surface area contributed by atoms with E-state index in [9.17, 15) is 24.6 Å². The van der Waals surface area contributed by atoms with Crippen LogP contribution in [0.4, 0.5) is 5.69 Å².